The molecule has 0 aromatic heterocycles. The average Bonchev–Trinajstić information content (AvgIpc) is 3.49. The number of rotatable bonds is 10. The van der Waals surface area contributed by atoms with E-state index in [4.69, 9.17) is 4.74 Å². The number of halogens is 1. The van der Waals surface area contributed by atoms with Gasteiger partial charge in [-0.3, -0.25) is 9.89 Å². The first-order chi connectivity index (χ1) is 12.6. The Morgan fingerprint density at radius 2 is 1.70 bits per heavy atom. The molecule has 1 saturated heterocycles. The molecule has 0 spiro atoms. The standard InChI is InChI=1S/C20H41N5O.HI/c1-6-16(7-2)19(25-10-12-26-13-11-25)15-23-20(21-3)22-14-18(24(4)5)17-8-9-17;/h16-19H,6-15H2,1-5H3,(H2,21,22,23);1H. The zero-order valence-electron chi connectivity index (χ0n) is 18.0. The van der Waals surface area contributed by atoms with Crippen LogP contribution in [-0.4, -0.2) is 88.4 Å². The Kier molecular flexibility index (Phi) is 12.2. The fourth-order valence-corrected chi connectivity index (χ4v) is 4.21. The maximum absolute atomic E-state index is 5.56. The summed E-state index contributed by atoms with van der Waals surface area (Å²) >= 11 is 0. The van der Waals surface area contributed by atoms with Gasteiger partial charge in [-0.1, -0.05) is 26.7 Å². The van der Waals surface area contributed by atoms with Gasteiger partial charge in [-0.05, 0) is 38.8 Å². The number of morpholine rings is 1. The van der Waals surface area contributed by atoms with Gasteiger partial charge >= 0.3 is 0 Å². The molecule has 160 valence electrons. The maximum Gasteiger partial charge on any atom is 0.191 e. The maximum atomic E-state index is 5.56. The summed E-state index contributed by atoms with van der Waals surface area (Å²) in [6.45, 7) is 10.3. The van der Waals surface area contributed by atoms with Crippen molar-refractivity contribution in [1.82, 2.24) is 20.4 Å². The number of hydrogen-bond acceptors (Lipinski definition) is 4. The van der Waals surface area contributed by atoms with Gasteiger partial charge in [0.25, 0.3) is 0 Å². The molecule has 0 amide bonds. The Bertz CT molecular complexity index is 419. The highest BCUT2D eigenvalue weighted by molar-refractivity contribution is 14.0. The molecule has 7 heteroatoms. The number of guanidine groups is 1. The molecule has 0 bridgehead atoms. The minimum atomic E-state index is 0. The number of aliphatic imine (C=N–C) groups is 1. The van der Waals surface area contributed by atoms with Crippen molar-refractivity contribution in [3.05, 3.63) is 0 Å². The predicted molar refractivity (Wildman–Crippen MR) is 125 cm³/mol. The highest BCUT2D eigenvalue weighted by Gasteiger charge is 2.32. The molecule has 2 rings (SSSR count). The zero-order chi connectivity index (χ0) is 18.9. The topological polar surface area (TPSA) is 52.1 Å². The highest BCUT2D eigenvalue weighted by atomic mass is 127. The van der Waals surface area contributed by atoms with Crippen LogP contribution in [0.15, 0.2) is 4.99 Å². The van der Waals surface area contributed by atoms with Gasteiger partial charge in [-0.25, -0.2) is 0 Å². The van der Waals surface area contributed by atoms with Gasteiger partial charge in [-0.15, -0.1) is 24.0 Å². The Morgan fingerprint density at radius 3 is 2.19 bits per heavy atom. The number of likely N-dealkylation sites (N-methyl/N-ethyl adjacent to an activating group) is 1. The fraction of sp³-hybridized carbons (Fsp3) is 0.950. The van der Waals surface area contributed by atoms with E-state index in [0.29, 0.717) is 18.0 Å². The van der Waals surface area contributed by atoms with E-state index in [1.807, 2.05) is 7.05 Å². The van der Waals surface area contributed by atoms with Gasteiger partial charge in [-0.2, -0.15) is 0 Å². The summed E-state index contributed by atoms with van der Waals surface area (Å²) in [7, 11) is 6.24. The first-order valence-corrected chi connectivity index (χ1v) is 10.5. The van der Waals surface area contributed by atoms with Crippen LogP contribution in [-0.2, 0) is 4.74 Å². The van der Waals surface area contributed by atoms with Crippen molar-refractivity contribution in [3.8, 4) is 0 Å². The molecule has 0 aromatic carbocycles. The summed E-state index contributed by atoms with van der Waals surface area (Å²) in [5.41, 5.74) is 0. The van der Waals surface area contributed by atoms with Crippen LogP contribution in [0, 0.1) is 11.8 Å². The van der Waals surface area contributed by atoms with E-state index in [-0.39, 0.29) is 24.0 Å². The van der Waals surface area contributed by atoms with Crippen LogP contribution in [0.2, 0.25) is 0 Å². The van der Waals surface area contributed by atoms with Crippen LogP contribution in [0.3, 0.4) is 0 Å². The van der Waals surface area contributed by atoms with E-state index in [2.05, 4.69) is 53.4 Å². The molecule has 27 heavy (non-hydrogen) atoms. The third-order valence-electron chi connectivity index (χ3n) is 6.12. The summed E-state index contributed by atoms with van der Waals surface area (Å²) in [6.07, 6.45) is 5.17. The normalized spacial score (nSPS) is 21.1. The first kappa shape index (κ1) is 24.9. The van der Waals surface area contributed by atoms with Crippen LogP contribution in [0.4, 0.5) is 0 Å². The number of ether oxygens (including phenoxy) is 1. The molecule has 2 N–H and O–H groups in total. The molecule has 6 nitrogen and oxygen atoms in total. The molecule has 1 heterocycles. The first-order valence-electron chi connectivity index (χ1n) is 10.5. The van der Waals surface area contributed by atoms with E-state index < -0.39 is 0 Å². The van der Waals surface area contributed by atoms with E-state index in [0.717, 1.165) is 51.3 Å². The molecule has 2 aliphatic rings. The molecule has 0 aromatic rings. The number of nitrogens with zero attached hydrogens (tertiary/aromatic N) is 3. The van der Waals surface area contributed by atoms with Gasteiger partial charge < -0.3 is 20.3 Å². The second-order valence-electron chi connectivity index (χ2n) is 7.99. The van der Waals surface area contributed by atoms with Crippen LogP contribution in [0.5, 0.6) is 0 Å². The van der Waals surface area contributed by atoms with Crippen LogP contribution >= 0.6 is 24.0 Å². The molecular weight excluding hydrogens is 453 g/mol. The lowest BCUT2D eigenvalue weighted by molar-refractivity contribution is 0.00271. The average molecular weight is 495 g/mol. The monoisotopic (exact) mass is 495 g/mol. The largest absolute Gasteiger partial charge is 0.379 e. The second kappa shape index (κ2) is 13.2. The van der Waals surface area contributed by atoms with Crippen molar-refractivity contribution >= 4 is 29.9 Å². The fourth-order valence-electron chi connectivity index (χ4n) is 4.21. The highest BCUT2D eigenvalue weighted by Crippen LogP contribution is 2.34. The van der Waals surface area contributed by atoms with Crippen molar-refractivity contribution in [2.24, 2.45) is 16.8 Å². The molecule has 2 fully saturated rings. The van der Waals surface area contributed by atoms with Crippen LogP contribution < -0.4 is 10.6 Å². The lowest BCUT2D eigenvalue weighted by Gasteiger charge is -2.39. The van der Waals surface area contributed by atoms with Crippen molar-refractivity contribution in [2.45, 2.75) is 51.6 Å². The molecule has 1 saturated carbocycles. The quantitative estimate of drug-likeness (QED) is 0.277. The van der Waals surface area contributed by atoms with E-state index >= 15 is 0 Å². The van der Waals surface area contributed by atoms with E-state index in [1.54, 1.807) is 0 Å². The predicted octanol–water partition coefficient (Wildman–Crippen LogP) is 2.25. The van der Waals surface area contributed by atoms with Crippen molar-refractivity contribution in [3.63, 3.8) is 0 Å². The molecule has 1 aliphatic heterocycles. The minimum absolute atomic E-state index is 0. The van der Waals surface area contributed by atoms with Gasteiger partial charge in [0.2, 0.25) is 0 Å². The summed E-state index contributed by atoms with van der Waals surface area (Å²) in [5, 5.41) is 7.17. The Labute approximate surface area is 183 Å². The second-order valence-corrected chi connectivity index (χ2v) is 7.99. The van der Waals surface area contributed by atoms with E-state index in [1.165, 1.54) is 25.7 Å². The molecule has 2 unspecified atom stereocenters. The lowest BCUT2D eigenvalue weighted by Crippen LogP contribution is -2.54. The Balaban J connectivity index is 0.00000364. The lowest BCUT2D eigenvalue weighted by atomic mass is 9.92. The third-order valence-corrected chi connectivity index (χ3v) is 6.12. The molecule has 1 aliphatic carbocycles. The summed E-state index contributed by atoms with van der Waals surface area (Å²) in [4.78, 5) is 9.41. The number of hydrogen-bond donors (Lipinski definition) is 2. The summed E-state index contributed by atoms with van der Waals surface area (Å²) in [6, 6.07) is 1.14. The molecule has 0 radical (unpaired) electrons. The Morgan fingerprint density at radius 1 is 1.11 bits per heavy atom. The van der Waals surface area contributed by atoms with Gasteiger partial charge in [0.05, 0.1) is 13.2 Å². The SMILES string of the molecule is CCC(CC)C(CNC(=NC)NCC(C1CC1)N(C)C)N1CCOCC1.I. The summed E-state index contributed by atoms with van der Waals surface area (Å²) < 4.78 is 5.56. The zero-order valence-corrected chi connectivity index (χ0v) is 20.4. The van der Waals surface area contributed by atoms with Crippen LogP contribution in [0.25, 0.3) is 0 Å². The molecule has 2 atom stereocenters. The number of nitrogens with one attached hydrogen (secondary N) is 2. The third kappa shape index (κ3) is 8.03. The van der Waals surface area contributed by atoms with Gasteiger partial charge in [0.15, 0.2) is 5.96 Å². The van der Waals surface area contributed by atoms with Crippen molar-refractivity contribution < 1.29 is 4.74 Å². The minimum Gasteiger partial charge on any atom is -0.379 e. The summed E-state index contributed by atoms with van der Waals surface area (Å²) in [5.74, 6) is 2.49. The smallest absolute Gasteiger partial charge is 0.191 e. The van der Waals surface area contributed by atoms with Crippen molar-refractivity contribution in [1.29, 1.82) is 0 Å². The van der Waals surface area contributed by atoms with Gasteiger partial charge in [0, 0.05) is 45.3 Å². The Hall–Kier alpha value is -0.120. The van der Waals surface area contributed by atoms with Gasteiger partial charge in [0.1, 0.15) is 0 Å². The van der Waals surface area contributed by atoms with E-state index in [9.17, 15) is 0 Å². The molecular formula is C20H42IN5O. The van der Waals surface area contributed by atoms with Crippen LogP contribution in [0.1, 0.15) is 39.5 Å². The van der Waals surface area contributed by atoms with Crippen molar-refractivity contribution in [2.75, 3.05) is 60.5 Å².